The van der Waals surface area contributed by atoms with Crippen LogP contribution in [-0.4, -0.2) is 37.9 Å². The number of allylic oxidation sites excluding steroid dienone is 6. The van der Waals surface area contributed by atoms with Crippen molar-refractivity contribution in [1.29, 1.82) is 0 Å². The van der Waals surface area contributed by atoms with Gasteiger partial charge < -0.3 is 14.2 Å². The van der Waals surface area contributed by atoms with Crippen molar-refractivity contribution in [3.8, 4) is 0 Å². The number of ether oxygens (including phenoxy) is 3. The molecule has 0 fully saturated rings. The van der Waals surface area contributed by atoms with Gasteiger partial charge in [-0.15, -0.1) is 0 Å². The van der Waals surface area contributed by atoms with E-state index in [9.17, 15) is 9.59 Å². The van der Waals surface area contributed by atoms with Gasteiger partial charge in [-0.1, -0.05) is 256 Å². The first-order valence-electron chi connectivity index (χ1n) is 30.5. The number of carbonyl (C=O) groups excluding carboxylic acids is 2. The van der Waals surface area contributed by atoms with Gasteiger partial charge in [0.2, 0.25) is 0 Å². The molecule has 0 aliphatic rings. The number of carbonyl (C=O) groups is 2. The largest absolute Gasteiger partial charge is 0.462 e. The Morgan fingerprint density at radius 2 is 0.574 bits per heavy atom. The van der Waals surface area contributed by atoms with Crippen LogP contribution in [0.2, 0.25) is 0 Å². The Kier molecular flexibility index (Phi) is 57.8. The quantitative estimate of drug-likeness (QED) is 0.0345. The minimum absolute atomic E-state index is 0.0855. The minimum atomic E-state index is -0.539. The molecular formula is C63H118O5. The number of hydrogen-bond acceptors (Lipinski definition) is 5. The molecule has 0 aliphatic carbocycles. The zero-order chi connectivity index (χ0) is 49.2. The highest BCUT2D eigenvalue weighted by Crippen LogP contribution is 2.16. The number of esters is 2. The molecule has 0 N–H and O–H groups in total. The maximum Gasteiger partial charge on any atom is 0.306 e. The van der Waals surface area contributed by atoms with E-state index in [4.69, 9.17) is 14.2 Å². The van der Waals surface area contributed by atoms with Gasteiger partial charge >= 0.3 is 11.9 Å². The van der Waals surface area contributed by atoms with E-state index in [-0.39, 0.29) is 25.2 Å². The Balaban J connectivity index is 4.22. The lowest BCUT2D eigenvalue weighted by Gasteiger charge is -2.18. The van der Waals surface area contributed by atoms with Crippen molar-refractivity contribution in [3.63, 3.8) is 0 Å². The molecule has 0 heterocycles. The molecule has 0 spiro atoms. The van der Waals surface area contributed by atoms with Crippen LogP contribution in [-0.2, 0) is 23.8 Å². The minimum Gasteiger partial charge on any atom is -0.462 e. The normalized spacial score (nSPS) is 12.3. The third kappa shape index (κ3) is 56.7. The highest BCUT2D eigenvalue weighted by atomic mass is 16.6. The Bertz CT molecular complexity index is 1080. The number of hydrogen-bond donors (Lipinski definition) is 0. The van der Waals surface area contributed by atoms with Crippen LogP contribution in [0.3, 0.4) is 0 Å². The van der Waals surface area contributed by atoms with Crippen LogP contribution in [0.15, 0.2) is 36.5 Å². The van der Waals surface area contributed by atoms with Gasteiger partial charge in [-0.2, -0.15) is 0 Å². The molecule has 0 saturated heterocycles. The molecule has 0 radical (unpaired) electrons. The first-order valence-corrected chi connectivity index (χ1v) is 30.5. The average molecular weight is 956 g/mol. The second-order valence-electron chi connectivity index (χ2n) is 20.6. The fourth-order valence-corrected chi connectivity index (χ4v) is 9.03. The van der Waals surface area contributed by atoms with Crippen molar-refractivity contribution in [1.82, 2.24) is 0 Å². The first kappa shape index (κ1) is 66.1. The van der Waals surface area contributed by atoms with Gasteiger partial charge in [-0.05, 0) is 96.3 Å². The molecule has 400 valence electrons. The standard InChI is InChI=1S/C63H118O5/c1-4-7-10-13-16-19-22-25-28-30-32-34-36-38-41-44-47-50-53-56-62(64)67-60-61(59-66-58-55-52-49-46-43-40-27-24-21-18-15-12-9-6-3)68-63(65)57-54-51-48-45-42-39-37-35-33-31-29-26-23-20-17-14-11-8-5-2/h21,24-26,28-29,61H,4-20,22-23,27,30-60H2,1-3H3/b24-21-,28-25-,29-26-. The molecule has 5 nitrogen and oxygen atoms in total. The van der Waals surface area contributed by atoms with Crippen molar-refractivity contribution in [2.75, 3.05) is 19.8 Å². The molecule has 0 aromatic carbocycles. The van der Waals surface area contributed by atoms with Crippen molar-refractivity contribution < 1.29 is 23.8 Å². The third-order valence-corrected chi connectivity index (χ3v) is 13.6. The summed E-state index contributed by atoms with van der Waals surface area (Å²) in [6.07, 6.45) is 73.1. The summed E-state index contributed by atoms with van der Waals surface area (Å²) >= 11 is 0. The molecule has 68 heavy (non-hydrogen) atoms. The Morgan fingerprint density at radius 3 is 0.912 bits per heavy atom. The van der Waals surface area contributed by atoms with Crippen LogP contribution in [0.4, 0.5) is 0 Å². The highest BCUT2D eigenvalue weighted by Gasteiger charge is 2.17. The Labute approximate surface area is 425 Å². The number of rotatable bonds is 57. The molecule has 0 aromatic heterocycles. The molecule has 0 saturated carbocycles. The van der Waals surface area contributed by atoms with E-state index in [0.717, 1.165) is 38.5 Å². The summed E-state index contributed by atoms with van der Waals surface area (Å²) in [7, 11) is 0. The van der Waals surface area contributed by atoms with Crippen molar-refractivity contribution in [3.05, 3.63) is 36.5 Å². The molecule has 0 rings (SSSR count). The first-order chi connectivity index (χ1) is 33.6. The monoisotopic (exact) mass is 955 g/mol. The Morgan fingerprint density at radius 1 is 0.309 bits per heavy atom. The van der Waals surface area contributed by atoms with E-state index in [1.165, 1.54) is 257 Å². The van der Waals surface area contributed by atoms with Gasteiger partial charge in [-0.25, -0.2) is 0 Å². The lowest BCUT2D eigenvalue weighted by molar-refractivity contribution is -0.163. The summed E-state index contributed by atoms with van der Waals surface area (Å²) in [6, 6.07) is 0. The lowest BCUT2D eigenvalue weighted by Crippen LogP contribution is -2.30. The second-order valence-corrected chi connectivity index (χ2v) is 20.6. The van der Waals surface area contributed by atoms with Gasteiger partial charge in [-0.3, -0.25) is 9.59 Å². The summed E-state index contributed by atoms with van der Waals surface area (Å²) < 4.78 is 17.5. The van der Waals surface area contributed by atoms with Crippen LogP contribution >= 0.6 is 0 Å². The van der Waals surface area contributed by atoms with Gasteiger partial charge in [0.25, 0.3) is 0 Å². The van der Waals surface area contributed by atoms with Gasteiger partial charge in [0.05, 0.1) is 6.61 Å². The van der Waals surface area contributed by atoms with E-state index >= 15 is 0 Å². The van der Waals surface area contributed by atoms with Crippen LogP contribution in [0.5, 0.6) is 0 Å². The lowest BCUT2D eigenvalue weighted by atomic mass is 10.1. The molecule has 1 atom stereocenters. The van der Waals surface area contributed by atoms with Crippen molar-refractivity contribution in [2.45, 2.75) is 335 Å². The predicted octanol–water partition coefficient (Wildman–Crippen LogP) is 20.9. The summed E-state index contributed by atoms with van der Waals surface area (Å²) in [5, 5.41) is 0. The van der Waals surface area contributed by atoms with Crippen LogP contribution < -0.4 is 0 Å². The van der Waals surface area contributed by atoms with E-state index in [0.29, 0.717) is 19.4 Å². The Hall–Kier alpha value is -1.88. The zero-order valence-electron chi connectivity index (χ0n) is 46.1. The molecule has 0 aliphatic heterocycles. The molecule has 5 heteroatoms. The number of unbranched alkanes of at least 4 members (excludes halogenated alkanes) is 40. The molecular weight excluding hydrogens is 837 g/mol. The van der Waals surface area contributed by atoms with Crippen LogP contribution in [0.1, 0.15) is 329 Å². The predicted molar refractivity (Wildman–Crippen MR) is 298 cm³/mol. The van der Waals surface area contributed by atoms with E-state index in [1.54, 1.807) is 0 Å². The average Bonchev–Trinajstić information content (AvgIpc) is 3.34. The maximum atomic E-state index is 12.9. The summed E-state index contributed by atoms with van der Waals surface area (Å²) in [4.78, 5) is 25.6. The molecule has 0 bridgehead atoms. The zero-order valence-corrected chi connectivity index (χ0v) is 46.1. The van der Waals surface area contributed by atoms with E-state index in [1.807, 2.05) is 0 Å². The van der Waals surface area contributed by atoms with Crippen LogP contribution in [0, 0.1) is 0 Å². The third-order valence-electron chi connectivity index (χ3n) is 13.6. The molecule has 0 amide bonds. The molecule has 1 unspecified atom stereocenters. The summed E-state index contributed by atoms with van der Waals surface area (Å²) in [5.74, 6) is -0.386. The fraction of sp³-hybridized carbons (Fsp3) is 0.873. The summed E-state index contributed by atoms with van der Waals surface area (Å²) in [5.41, 5.74) is 0. The van der Waals surface area contributed by atoms with Gasteiger partial charge in [0.1, 0.15) is 6.61 Å². The topological polar surface area (TPSA) is 61.8 Å². The maximum absolute atomic E-state index is 12.9. The van der Waals surface area contributed by atoms with Gasteiger partial charge in [0, 0.05) is 19.4 Å². The van der Waals surface area contributed by atoms with E-state index < -0.39 is 6.10 Å². The smallest absolute Gasteiger partial charge is 0.306 e. The highest BCUT2D eigenvalue weighted by molar-refractivity contribution is 5.70. The SMILES string of the molecule is CCCCCC/C=C\CCCCCCCCOCC(COC(=O)CCCCCCCCCCC/C=C\CCCCCCCC)OC(=O)CCCCCCCCCCC/C=C\CCCCCCCC. The van der Waals surface area contributed by atoms with Gasteiger partial charge in [0.15, 0.2) is 6.10 Å². The van der Waals surface area contributed by atoms with E-state index in [2.05, 4.69) is 57.2 Å². The molecule has 0 aromatic rings. The summed E-state index contributed by atoms with van der Waals surface area (Å²) in [6.45, 7) is 7.85. The van der Waals surface area contributed by atoms with Crippen molar-refractivity contribution >= 4 is 11.9 Å². The fourth-order valence-electron chi connectivity index (χ4n) is 9.03. The second kappa shape index (κ2) is 59.4. The van der Waals surface area contributed by atoms with Crippen molar-refractivity contribution in [2.24, 2.45) is 0 Å². The van der Waals surface area contributed by atoms with Crippen LogP contribution in [0.25, 0.3) is 0 Å².